The van der Waals surface area contributed by atoms with E-state index in [1.165, 1.54) is 17.4 Å². The Labute approximate surface area is 230 Å². The number of benzene rings is 1. The van der Waals surface area contributed by atoms with Crippen LogP contribution < -0.4 is 11.0 Å². The lowest BCUT2D eigenvalue weighted by Crippen LogP contribution is -2.44. The molecule has 4 rings (SSSR count). The lowest BCUT2D eigenvalue weighted by Gasteiger charge is -2.30. The number of ether oxygens (including phenoxy) is 3. The first-order chi connectivity index (χ1) is 19.0. The molecule has 1 aromatic heterocycles. The first-order valence-corrected chi connectivity index (χ1v) is 14.1. The Balaban J connectivity index is 1.21. The first-order valence-electron chi connectivity index (χ1n) is 14.1. The monoisotopic (exact) mass is 536 g/mol. The van der Waals surface area contributed by atoms with Crippen molar-refractivity contribution in [3.05, 3.63) is 63.8 Å². The molecule has 3 unspecified atom stereocenters. The van der Waals surface area contributed by atoms with E-state index in [4.69, 9.17) is 20.6 Å². The Kier molecular flexibility index (Phi) is 11.0. The Morgan fingerprint density at radius 2 is 2.05 bits per heavy atom. The topological polar surface area (TPSA) is 94.9 Å². The molecule has 2 aromatic rings. The van der Waals surface area contributed by atoms with Crippen molar-refractivity contribution in [2.75, 3.05) is 32.8 Å². The van der Waals surface area contributed by atoms with Gasteiger partial charge in [0.25, 0.3) is 0 Å². The average molecular weight is 537 g/mol. The molecule has 3 heterocycles. The summed E-state index contributed by atoms with van der Waals surface area (Å²) in [6.45, 7) is 5.62. The van der Waals surface area contributed by atoms with Crippen LogP contribution in [0.1, 0.15) is 68.5 Å². The zero-order valence-corrected chi connectivity index (χ0v) is 22.8. The number of hydrogen-bond donors (Lipinski definition) is 1. The minimum Gasteiger partial charge on any atom is -0.433 e. The van der Waals surface area contributed by atoms with Gasteiger partial charge in [0, 0.05) is 43.1 Å². The van der Waals surface area contributed by atoms with Gasteiger partial charge < -0.3 is 19.5 Å². The molecule has 9 nitrogen and oxygen atoms in total. The van der Waals surface area contributed by atoms with Gasteiger partial charge in [-0.25, -0.2) is 9.59 Å². The van der Waals surface area contributed by atoms with E-state index in [-0.39, 0.29) is 25.0 Å². The molecule has 2 aliphatic heterocycles. The van der Waals surface area contributed by atoms with Gasteiger partial charge in [0.2, 0.25) is 0 Å². The minimum absolute atomic E-state index is 0.0860. The normalized spacial score (nSPS) is 21.0. The molecule has 210 valence electrons. The summed E-state index contributed by atoms with van der Waals surface area (Å²) in [6, 6.07) is 10.3. The van der Waals surface area contributed by atoms with E-state index in [0.717, 1.165) is 55.7 Å². The van der Waals surface area contributed by atoms with Crippen molar-refractivity contribution in [3.63, 3.8) is 0 Å². The fraction of sp³-hybridized carbons (Fsp3) is 0.567. The highest BCUT2D eigenvalue weighted by molar-refractivity contribution is 5.59. The fourth-order valence-electron chi connectivity index (χ4n) is 5.13. The van der Waals surface area contributed by atoms with Crippen molar-refractivity contribution in [1.29, 1.82) is 0 Å². The van der Waals surface area contributed by atoms with Crippen LogP contribution in [0.15, 0.2) is 41.3 Å². The summed E-state index contributed by atoms with van der Waals surface area (Å²) in [5.74, 6) is 2.65. The molecule has 39 heavy (non-hydrogen) atoms. The average Bonchev–Trinajstić information content (AvgIpc) is 3.42. The second-order valence-electron chi connectivity index (χ2n) is 10.3. The summed E-state index contributed by atoms with van der Waals surface area (Å²) in [7, 11) is 0. The summed E-state index contributed by atoms with van der Waals surface area (Å²) in [5.41, 5.74) is 2.49. The predicted octanol–water partition coefficient (Wildman–Crippen LogP) is 3.65. The largest absolute Gasteiger partial charge is 0.508 e. The molecule has 2 aliphatic rings. The number of carbonyl (C=O) groups is 1. The van der Waals surface area contributed by atoms with E-state index in [1.807, 2.05) is 30.3 Å². The fourth-order valence-corrected chi connectivity index (χ4v) is 5.13. The van der Waals surface area contributed by atoms with Crippen LogP contribution in [0.5, 0.6) is 0 Å². The summed E-state index contributed by atoms with van der Waals surface area (Å²) < 4.78 is 18.2. The maximum atomic E-state index is 12.4. The molecule has 1 aromatic carbocycles. The standard InChI is InChI=1S/C30H40N4O5/c1-3-7-25-15-17-34(29(35)32-25)28-14-13-27(39-28)22-38-30(36)37-19-18-33(21-26-8-5-6-16-31-26)20-24-11-9-23(4-2)10-12-24/h2,9-12,15,17,26-28,31H,3,5-8,13-14,16,18-22H2,1H3. The quantitative estimate of drug-likeness (QED) is 0.325. The molecule has 0 saturated carbocycles. The molecule has 2 saturated heterocycles. The minimum atomic E-state index is -0.709. The molecular weight excluding hydrogens is 496 g/mol. The lowest BCUT2D eigenvalue weighted by atomic mass is 10.0. The smallest absolute Gasteiger partial charge is 0.433 e. The van der Waals surface area contributed by atoms with Gasteiger partial charge >= 0.3 is 11.8 Å². The highest BCUT2D eigenvalue weighted by Gasteiger charge is 2.28. The van der Waals surface area contributed by atoms with E-state index in [0.29, 0.717) is 25.4 Å². The predicted molar refractivity (Wildman–Crippen MR) is 148 cm³/mol. The molecule has 0 bridgehead atoms. The van der Waals surface area contributed by atoms with Crippen molar-refractivity contribution in [1.82, 2.24) is 19.8 Å². The van der Waals surface area contributed by atoms with E-state index >= 15 is 0 Å². The van der Waals surface area contributed by atoms with Crippen LogP contribution in [0.3, 0.4) is 0 Å². The van der Waals surface area contributed by atoms with Gasteiger partial charge in [0.15, 0.2) is 0 Å². The number of rotatable bonds is 12. The number of nitrogens with one attached hydrogen (secondary N) is 1. The van der Waals surface area contributed by atoms with Crippen LogP contribution in [0.4, 0.5) is 4.79 Å². The highest BCUT2D eigenvalue weighted by Crippen LogP contribution is 2.27. The van der Waals surface area contributed by atoms with Crippen molar-refractivity contribution >= 4 is 6.16 Å². The summed E-state index contributed by atoms with van der Waals surface area (Å²) in [6.07, 6.45) is 12.4. The Hall–Kier alpha value is -3.19. The molecule has 0 radical (unpaired) electrons. The van der Waals surface area contributed by atoms with Gasteiger partial charge in [-0.3, -0.25) is 9.47 Å². The number of terminal acetylenes is 1. The van der Waals surface area contributed by atoms with Crippen molar-refractivity contribution in [3.8, 4) is 12.3 Å². The molecule has 0 aliphatic carbocycles. The van der Waals surface area contributed by atoms with Gasteiger partial charge in [-0.2, -0.15) is 4.98 Å². The molecule has 3 atom stereocenters. The molecule has 1 N–H and O–H groups in total. The molecule has 9 heteroatoms. The summed E-state index contributed by atoms with van der Waals surface area (Å²) in [4.78, 5) is 31.1. The third-order valence-corrected chi connectivity index (χ3v) is 7.22. The van der Waals surface area contributed by atoms with Gasteiger partial charge in [-0.15, -0.1) is 6.42 Å². The van der Waals surface area contributed by atoms with E-state index in [9.17, 15) is 9.59 Å². The maximum absolute atomic E-state index is 12.4. The number of nitrogens with zero attached hydrogens (tertiary/aromatic N) is 3. The number of carbonyl (C=O) groups excluding carboxylic acids is 1. The van der Waals surface area contributed by atoms with Crippen LogP contribution in [0.2, 0.25) is 0 Å². The summed E-state index contributed by atoms with van der Waals surface area (Å²) >= 11 is 0. The third-order valence-electron chi connectivity index (χ3n) is 7.22. The van der Waals surface area contributed by atoms with E-state index < -0.39 is 12.4 Å². The second-order valence-corrected chi connectivity index (χ2v) is 10.3. The number of aryl methyl sites for hydroxylation is 1. The van der Waals surface area contributed by atoms with Crippen LogP contribution in [0, 0.1) is 12.3 Å². The number of piperidine rings is 1. The van der Waals surface area contributed by atoms with Gasteiger partial charge in [0.05, 0.1) is 6.10 Å². The van der Waals surface area contributed by atoms with E-state index in [2.05, 4.69) is 28.0 Å². The number of aromatic nitrogens is 2. The zero-order valence-electron chi connectivity index (χ0n) is 22.8. The Morgan fingerprint density at radius 1 is 1.21 bits per heavy atom. The van der Waals surface area contributed by atoms with Crippen molar-refractivity contribution in [2.45, 2.75) is 76.8 Å². The Bertz CT molecular complexity index is 1150. The van der Waals surface area contributed by atoms with Crippen LogP contribution in [-0.2, 0) is 27.2 Å². The van der Waals surface area contributed by atoms with Gasteiger partial charge in [0.1, 0.15) is 19.4 Å². The van der Waals surface area contributed by atoms with Crippen LogP contribution in [0.25, 0.3) is 0 Å². The van der Waals surface area contributed by atoms with Gasteiger partial charge in [-0.1, -0.05) is 37.8 Å². The highest BCUT2D eigenvalue weighted by atomic mass is 16.7. The van der Waals surface area contributed by atoms with Gasteiger partial charge in [-0.05, 0) is 62.4 Å². The number of hydrogen-bond acceptors (Lipinski definition) is 8. The second kappa shape index (κ2) is 14.8. The Morgan fingerprint density at radius 3 is 2.77 bits per heavy atom. The van der Waals surface area contributed by atoms with Crippen molar-refractivity contribution in [2.24, 2.45) is 0 Å². The van der Waals surface area contributed by atoms with E-state index in [1.54, 1.807) is 6.20 Å². The van der Waals surface area contributed by atoms with Crippen molar-refractivity contribution < 1.29 is 19.0 Å². The first kappa shape index (κ1) is 28.8. The zero-order chi connectivity index (χ0) is 27.5. The maximum Gasteiger partial charge on any atom is 0.508 e. The van der Waals surface area contributed by atoms with Crippen LogP contribution in [-0.4, -0.2) is 65.6 Å². The molecule has 0 spiro atoms. The molecular formula is C30H40N4O5. The third kappa shape index (κ3) is 8.92. The summed E-state index contributed by atoms with van der Waals surface area (Å²) in [5, 5.41) is 3.59. The SMILES string of the molecule is C#Cc1ccc(CN(CCOC(=O)OCC2CCC(n3ccc(CCC)nc3=O)O2)CC2CCCCN2)cc1. The lowest BCUT2D eigenvalue weighted by molar-refractivity contribution is -0.0407. The molecule has 0 amide bonds. The molecule has 2 fully saturated rings. The van der Waals surface area contributed by atoms with Crippen LogP contribution >= 0.6 is 0 Å².